The molecular formula is C13H10BrCl2N. The van der Waals surface area contributed by atoms with Crippen molar-refractivity contribution in [3.05, 3.63) is 68.1 Å². The molecule has 0 heterocycles. The van der Waals surface area contributed by atoms with Crippen molar-refractivity contribution in [3.63, 3.8) is 0 Å². The van der Waals surface area contributed by atoms with Gasteiger partial charge in [-0.15, -0.1) is 0 Å². The van der Waals surface area contributed by atoms with Gasteiger partial charge in [-0.3, -0.25) is 0 Å². The molecule has 0 fully saturated rings. The smallest absolute Gasteiger partial charge is 0.0599 e. The van der Waals surface area contributed by atoms with E-state index in [-0.39, 0.29) is 6.04 Å². The molecule has 4 heteroatoms. The van der Waals surface area contributed by atoms with E-state index in [0.29, 0.717) is 10.0 Å². The van der Waals surface area contributed by atoms with Crippen LogP contribution in [0.15, 0.2) is 46.9 Å². The Morgan fingerprint density at radius 3 is 2.29 bits per heavy atom. The van der Waals surface area contributed by atoms with E-state index in [1.807, 2.05) is 42.5 Å². The van der Waals surface area contributed by atoms with Crippen molar-refractivity contribution in [1.29, 1.82) is 0 Å². The Bertz CT molecular complexity index is 543. The monoisotopic (exact) mass is 329 g/mol. The molecule has 0 saturated heterocycles. The van der Waals surface area contributed by atoms with Gasteiger partial charge in [0.2, 0.25) is 0 Å². The summed E-state index contributed by atoms with van der Waals surface area (Å²) in [4.78, 5) is 0. The Morgan fingerprint density at radius 2 is 1.59 bits per heavy atom. The Kier molecular flexibility index (Phi) is 4.10. The lowest BCUT2D eigenvalue weighted by atomic mass is 9.99. The minimum absolute atomic E-state index is 0.325. The molecule has 2 aromatic rings. The van der Waals surface area contributed by atoms with Crippen molar-refractivity contribution in [2.75, 3.05) is 0 Å². The van der Waals surface area contributed by atoms with Gasteiger partial charge in [-0.2, -0.15) is 0 Å². The molecule has 0 aliphatic carbocycles. The van der Waals surface area contributed by atoms with Crippen LogP contribution in [0, 0.1) is 0 Å². The van der Waals surface area contributed by atoms with Crippen LogP contribution in [-0.2, 0) is 0 Å². The molecule has 17 heavy (non-hydrogen) atoms. The van der Waals surface area contributed by atoms with Gasteiger partial charge in [0, 0.05) is 9.50 Å². The van der Waals surface area contributed by atoms with Gasteiger partial charge in [0.25, 0.3) is 0 Å². The molecule has 2 rings (SSSR count). The van der Waals surface area contributed by atoms with Crippen LogP contribution in [0.3, 0.4) is 0 Å². The second-order valence-corrected chi connectivity index (χ2v) is 5.28. The van der Waals surface area contributed by atoms with E-state index in [1.165, 1.54) is 0 Å². The van der Waals surface area contributed by atoms with Gasteiger partial charge in [-0.25, -0.2) is 0 Å². The highest BCUT2D eigenvalue weighted by atomic mass is 79.9. The predicted molar refractivity (Wildman–Crippen MR) is 76.6 cm³/mol. The molecule has 0 aromatic heterocycles. The van der Waals surface area contributed by atoms with E-state index >= 15 is 0 Å². The Hall–Kier alpha value is -0.540. The van der Waals surface area contributed by atoms with Crippen LogP contribution in [0.5, 0.6) is 0 Å². The summed E-state index contributed by atoms with van der Waals surface area (Å²) in [5.41, 5.74) is 7.92. The van der Waals surface area contributed by atoms with Crippen molar-refractivity contribution in [2.45, 2.75) is 6.04 Å². The second-order valence-electron chi connectivity index (χ2n) is 3.64. The van der Waals surface area contributed by atoms with E-state index in [4.69, 9.17) is 28.9 Å². The van der Waals surface area contributed by atoms with Crippen LogP contribution in [0.1, 0.15) is 17.2 Å². The summed E-state index contributed by atoms with van der Waals surface area (Å²) in [6.45, 7) is 0. The fourth-order valence-electron chi connectivity index (χ4n) is 1.66. The summed E-state index contributed by atoms with van der Waals surface area (Å²) < 4.78 is 0.833. The minimum atomic E-state index is -0.325. The van der Waals surface area contributed by atoms with Gasteiger partial charge < -0.3 is 5.73 Å². The summed E-state index contributed by atoms with van der Waals surface area (Å²) >= 11 is 15.7. The fourth-order valence-corrected chi connectivity index (χ4v) is 2.53. The standard InChI is InChI=1S/C13H10BrCl2N/c14-10-6-3-5-9(12(10)16)13(17)8-4-1-2-7-11(8)15/h1-7,13H,17H2. The van der Waals surface area contributed by atoms with Crippen LogP contribution in [-0.4, -0.2) is 0 Å². The van der Waals surface area contributed by atoms with Gasteiger partial charge in [0.05, 0.1) is 11.1 Å². The maximum absolute atomic E-state index is 6.22. The average molecular weight is 331 g/mol. The first-order valence-electron chi connectivity index (χ1n) is 5.05. The number of rotatable bonds is 2. The molecule has 0 spiro atoms. The first-order chi connectivity index (χ1) is 8.11. The molecule has 1 nitrogen and oxygen atoms in total. The Balaban J connectivity index is 2.48. The van der Waals surface area contributed by atoms with E-state index < -0.39 is 0 Å². The van der Waals surface area contributed by atoms with E-state index in [2.05, 4.69) is 15.9 Å². The molecule has 1 atom stereocenters. The lowest BCUT2D eigenvalue weighted by Crippen LogP contribution is -2.13. The van der Waals surface area contributed by atoms with Crippen LogP contribution >= 0.6 is 39.1 Å². The van der Waals surface area contributed by atoms with Crippen molar-refractivity contribution >= 4 is 39.1 Å². The molecule has 0 saturated carbocycles. The van der Waals surface area contributed by atoms with Crippen LogP contribution in [0.4, 0.5) is 0 Å². The van der Waals surface area contributed by atoms with Gasteiger partial charge in [0.15, 0.2) is 0 Å². The van der Waals surface area contributed by atoms with E-state index in [1.54, 1.807) is 0 Å². The summed E-state index contributed by atoms with van der Waals surface area (Å²) in [5.74, 6) is 0. The molecule has 0 radical (unpaired) electrons. The fraction of sp³-hybridized carbons (Fsp3) is 0.0769. The molecule has 1 unspecified atom stereocenters. The summed E-state index contributed by atoms with van der Waals surface area (Å²) in [5, 5.41) is 1.27. The zero-order valence-corrected chi connectivity index (χ0v) is 11.9. The second kappa shape index (κ2) is 5.40. The number of halogens is 3. The van der Waals surface area contributed by atoms with Crippen molar-refractivity contribution in [1.82, 2.24) is 0 Å². The maximum Gasteiger partial charge on any atom is 0.0599 e. The lowest BCUT2D eigenvalue weighted by Gasteiger charge is -2.16. The molecule has 2 aromatic carbocycles. The zero-order chi connectivity index (χ0) is 12.4. The molecule has 2 N–H and O–H groups in total. The quantitative estimate of drug-likeness (QED) is 0.840. The number of nitrogens with two attached hydrogens (primary N) is 1. The van der Waals surface area contributed by atoms with Crippen molar-refractivity contribution in [3.8, 4) is 0 Å². The zero-order valence-electron chi connectivity index (χ0n) is 8.83. The first-order valence-corrected chi connectivity index (χ1v) is 6.60. The topological polar surface area (TPSA) is 26.0 Å². The average Bonchev–Trinajstić information content (AvgIpc) is 2.32. The normalized spacial score (nSPS) is 12.5. The summed E-state index contributed by atoms with van der Waals surface area (Å²) in [7, 11) is 0. The van der Waals surface area contributed by atoms with Gasteiger partial charge in [0.1, 0.15) is 0 Å². The van der Waals surface area contributed by atoms with Gasteiger partial charge >= 0.3 is 0 Å². The first kappa shape index (κ1) is 12.9. The highest BCUT2D eigenvalue weighted by molar-refractivity contribution is 9.10. The van der Waals surface area contributed by atoms with Crippen LogP contribution in [0.25, 0.3) is 0 Å². The van der Waals surface area contributed by atoms with Gasteiger partial charge in [-0.05, 0) is 39.2 Å². The predicted octanol–water partition coefficient (Wildman–Crippen LogP) is 4.80. The third-order valence-electron chi connectivity index (χ3n) is 2.56. The summed E-state index contributed by atoms with van der Waals surface area (Å²) in [6, 6.07) is 12.9. The van der Waals surface area contributed by atoms with Gasteiger partial charge in [-0.1, -0.05) is 53.5 Å². The summed E-state index contributed by atoms with van der Waals surface area (Å²) in [6.07, 6.45) is 0. The molecule has 0 bridgehead atoms. The van der Waals surface area contributed by atoms with Crippen molar-refractivity contribution < 1.29 is 0 Å². The Morgan fingerprint density at radius 1 is 0.941 bits per heavy atom. The van der Waals surface area contributed by atoms with Crippen LogP contribution < -0.4 is 5.73 Å². The van der Waals surface area contributed by atoms with E-state index in [9.17, 15) is 0 Å². The number of hydrogen-bond acceptors (Lipinski definition) is 1. The largest absolute Gasteiger partial charge is 0.320 e. The highest BCUT2D eigenvalue weighted by Gasteiger charge is 2.16. The third kappa shape index (κ3) is 2.66. The highest BCUT2D eigenvalue weighted by Crippen LogP contribution is 2.34. The Labute approximate surface area is 119 Å². The maximum atomic E-state index is 6.22. The minimum Gasteiger partial charge on any atom is -0.320 e. The lowest BCUT2D eigenvalue weighted by molar-refractivity contribution is 0.871. The van der Waals surface area contributed by atoms with Crippen molar-refractivity contribution in [2.24, 2.45) is 5.73 Å². The molecule has 0 aliphatic heterocycles. The SMILES string of the molecule is NC(c1ccccc1Cl)c1cccc(Br)c1Cl. The number of benzene rings is 2. The molecular weight excluding hydrogens is 321 g/mol. The molecule has 88 valence electrons. The van der Waals surface area contributed by atoms with Crippen LogP contribution in [0.2, 0.25) is 10.0 Å². The van der Waals surface area contributed by atoms with E-state index in [0.717, 1.165) is 15.6 Å². The third-order valence-corrected chi connectivity index (χ3v) is 4.21. The molecule has 0 amide bonds. The molecule has 0 aliphatic rings. The number of hydrogen-bond donors (Lipinski definition) is 1.